The summed E-state index contributed by atoms with van der Waals surface area (Å²) in [5.41, 5.74) is 0.212. The fourth-order valence-electron chi connectivity index (χ4n) is 1.21. The Labute approximate surface area is 86.5 Å². The maximum Gasteiger partial charge on any atom is 0.0439 e. The molecule has 0 saturated carbocycles. The second-order valence-corrected chi connectivity index (χ2v) is 3.41. The summed E-state index contributed by atoms with van der Waals surface area (Å²) in [6.45, 7) is 2.46. The molecule has 1 unspecified atom stereocenters. The summed E-state index contributed by atoms with van der Waals surface area (Å²) in [4.78, 5) is 0. The van der Waals surface area contributed by atoms with Gasteiger partial charge in [-0.3, -0.25) is 0 Å². The van der Waals surface area contributed by atoms with E-state index in [0.717, 1.165) is 12.8 Å². The minimum atomic E-state index is 0.212. The van der Waals surface area contributed by atoms with Crippen molar-refractivity contribution >= 4 is 0 Å². The van der Waals surface area contributed by atoms with Crippen LogP contribution in [0.5, 0.6) is 0 Å². The van der Waals surface area contributed by atoms with Crippen molar-refractivity contribution in [2.45, 2.75) is 19.8 Å². The van der Waals surface area contributed by atoms with Gasteiger partial charge in [0.1, 0.15) is 0 Å². The summed E-state index contributed by atoms with van der Waals surface area (Å²) < 4.78 is 0. The Bertz CT molecular complexity index is 273. The van der Waals surface area contributed by atoms with E-state index in [1.54, 1.807) is 0 Å². The van der Waals surface area contributed by atoms with Crippen LogP contribution < -0.4 is 0 Å². The number of terminal acetylenes is 2. The Morgan fingerprint density at radius 2 is 2.00 bits per heavy atom. The maximum atomic E-state index is 8.73. The van der Waals surface area contributed by atoms with Crippen LogP contribution in [0.3, 0.4) is 0 Å². The van der Waals surface area contributed by atoms with Crippen molar-refractivity contribution in [1.29, 1.82) is 0 Å². The smallest absolute Gasteiger partial charge is 0.0439 e. The second kappa shape index (κ2) is 7.01. The molecule has 0 fully saturated rings. The zero-order valence-electron chi connectivity index (χ0n) is 8.53. The van der Waals surface area contributed by atoms with Gasteiger partial charge in [0.2, 0.25) is 0 Å². The van der Waals surface area contributed by atoms with Gasteiger partial charge < -0.3 is 5.11 Å². The molecule has 0 spiro atoms. The molecule has 0 aromatic heterocycles. The van der Waals surface area contributed by atoms with Crippen LogP contribution in [-0.4, -0.2) is 11.7 Å². The normalized spacial score (nSPS) is 22.9. The molecule has 0 saturated heterocycles. The van der Waals surface area contributed by atoms with Crippen LogP contribution in [0.1, 0.15) is 19.8 Å². The first-order valence-electron chi connectivity index (χ1n) is 4.55. The lowest BCUT2D eigenvalue weighted by Crippen LogP contribution is -2.15. The van der Waals surface area contributed by atoms with E-state index in [4.69, 9.17) is 5.11 Å². The lowest BCUT2D eigenvalue weighted by Gasteiger charge is -2.24. The number of aliphatic hydroxyl groups is 1. The van der Waals surface area contributed by atoms with Crippen molar-refractivity contribution in [3.63, 3.8) is 0 Å². The fourth-order valence-corrected chi connectivity index (χ4v) is 1.21. The van der Waals surface area contributed by atoms with Crippen molar-refractivity contribution in [3.8, 4) is 24.7 Å². The lowest BCUT2D eigenvalue weighted by molar-refractivity contribution is 0.231. The summed E-state index contributed by atoms with van der Waals surface area (Å²) >= 11 is 0. The Balaban J connectivity index is 0.000000364. The third kappa shape index (κ3) is 5.25. The summed E-state index contributed by atoms with van der Waals surface area (Å²) in [7, 11) is 0. The van der Waals surface area contributed by atoms with Gasteiger partial charge in [-0.15, -0.1) is 12.8 Å². The molecular formula is C13H16O. The van der Waals surface area contributed by atoms with Crippen molar-refractivity contribution in [2.75, 3.05) is 6.61 Å². The van der Waals surface area contributed by atoms with E-state index in [0.29, 0.717) is 0 Å². The molecule has 0 radical (unpaired) electrons. The molecule has 1 N–H and O–H groups in total. The number of allylic oxidation sites excluding steroid dienone is 4. The average molecular weight is 188 g/mol. The van der Waals surface area contributed by atoms with Crippen molar-refractivity contribution in [2.24, 2.45) is 5.41 Å². The molecule has 1 nitrogen and oxygen atoms in total. The van der Waals surface area contributed by atoms with Gasteiger partial charge in [-0.05, 0) is 30.1 Å². The first kappa shape index (κ1) is 12.6. The molecule has 1 atom stereocenters. The van der Waals surface area contributed by atoms with Gasteiger partial charge in [0.05, 0.1) is 0 Å². The van der Waals surface area contributed by atoms with Gasteiger partial charge >= 0.3 is 0 Å². The Morgan fingerprint density at radius 3 is 2.36 bits per heavy atom. The molecule has 0 aromatic rings. The van der Waals surface area contributed by atoms with E-state index in [1.165, 1.54) is 0 Å². The van der Waals surface area contributed by atoms with Crippen LogP contribution in [0, 0.1) is 30.1 Å². The third-order valence-corrected chi connectivity index (χ3v) is 2.10. The molecule has 14 heavy (non-hydrogen) atoms. The SMILES string of the molecule is C#CC#C.CC1(CCO)C=CC=CC1. The molecule has 0 bridgehead atoms. The standard InChI is InChI=1S/C9H14O.C4H2/c1-9(7-8-10)5-3-2-4-6-9;1-3-4-2/h2-5,10H,6-8H2,1H3;1-2H. The number of hydrogen-bond donors (Lipinski definition) is 1. The lowest BCUT2D eigenvalue weighted by atomic mass is 9.81. The molecule has 1 aliphatic rings. The Kier molecular flexibility index (Phi) is 6.29. The van der Waals surface area contributed by atoms with E-state index in [9.17, 15) is 0 Å². The van der Waals surface area contributed by atoms with Gasteiger partial charge in [-0.1, -0.05) is 31.2 Å². The zero-order chi connectivity index (χ0) is 10.9. The topological polar surface area (TPSA) is 20.2 Å². The number of hydrogen-bond acceptors (Lipinski definition) is 1. The Hall–Kier alpha value is -1.44. The largest absolute Gasteiger partial charge is 0.396 e. The van der Waals surface area contributed by atoms with Crippen LogP contribution in [0.25, 0.3) is 0 Å². The number of aliphatic hydroxyl groups excluding tert-OH is 1. The second-order valence-electron chi connectivity index (χ2n) is 3.41. The minimum Gasteiger partial charge on any atom is -0.396 e. The highest BCUT2D eigenvalue weighted by Crippen LogP contribution is 2.30. The van der Waals surface area contributed by atoms with Crippen molar-refractivity contribution in [3.05, 3.63) is 24.3 Å². The van der Waals surface area contributed by atoms with Gasteiger partial charge in [0, 0.05) is 6.61 Å². The van der Waals surface area contributed by atoms with E-state index in [-0.39, 0.29) is 12.0 Å². The first-order valence-corrected chi connectivity index (χ1v) is 4.55. The summed E-state index contributed by atoms with van der Waals surface area (Å²) in [5.74, 6) is 3.92. The monoisotopic (exact) mass is 188 g/mol. The van der Waals surface area contributed by atoms with Gasteiger partial charge in [0.15, 0.2) is 0 Å². The summed E-state index contributed by atoms with van der Waals surface area (Å²) in [6, 6.07) is 0. The van der Waals surface area contributed by atoms with Crippen LogP contribution in [-0.2, 0) is 0 Å². The highest BCUT2D eigenvalue weighted by atomic mass is 16.3. The molecule has 74 valence electrons. The summed E-state index contributed by atoms with van der Waals surface area (Å²) in [5, 5.41) is 8.73. The fraction of sp³-hybridized carbons (Fsp3) is 0.385. The quantitative estimate of drug-likeness (QED) is 0.658. The minimum absolute atomic E-state index is 0.212. The zero-order valence-corrected chi connectivity index (χ0v) is 8.53. The Morgan fingerprint density at radius 1 is 1.36 bits per heavy atom. The predicted molar refractivity (Wildman–Crippen MR) is 60.4 cm³/mol. The van der Waals surface area contributed by atoms with Gasteiger partial charge in [-0.25, -0.2) is 0 Å². The first-order chi connectivity index (χ1) is 6.68. The van der Waals surface area contributed by atoms with E-state index < -0.39 is 0 Å². The van der Waals surface area contributed by atoms with Crippen molar-refractivity contribution < 1.29 is 5.11 Å². The van der Waals surface area contributed by atoms with E-state index in [2.05, 4.69) is 44.1 Å². The average Bonchev–Trinajstić information content (AvgIpc) is 2.19. The van der Waals surface area contributed by atoms with Crippen LogP contribution in [0.2, 0.25) is 0 Å². The molecule has 1 aliphatic carbocycles. The van der Waals surface area contributed by atoms with E-state index in [1.807, 2.05) is 11.8 Å². The van der Waals surface area contributed by atoms with Gasteiger partial charge in [-0.2, -0.15) is 0 Å². The third-order valence-electron chi connectivity index (χ3n) is 2.10. The number of rotatable bonds is 2. The molecule has 1 heteroatoms. The highest BCUT2D eigenvalue weighted by Gasteiger charge is 2.19. The molecule has 0 aromatic carbocycles. The van der Waals surface area contributed by atoms with Crippen LogP contribution >= 0.6 is 0 Å². The molecule has 0 aliphatic heterocycles. The van der Waals surface area contributed by atoms with Crippen LogP contribution in [0.15, 0.2) is 24.3 Å². The molecular weight excluding hydrogens is 172 g/mol. The maximum absolute atomic E-state index is 8.73. The molecule has 0 heterocycles. The highest BCUT2D eigenvalue weighted by molar-refractivity contribution is 5.16. The molecule has 1 rings (SSSR count). The van der Waals surface area contributed by atoms with Gasteiger partial charge in [0.25, 0.3) is 0 Å². The van der Waals surface area contributed by atoms with Crippen LogP contribution in [0.4, 0.5) is 0 Å². The molecule has 0 amide bonds. The van der Waals surface area contributed by atoms with Crippen molar-refractivity contribution in [1.82, 2.24) is 0 Å². The van der Waals surface area contributed by atoms with E-state index >= 15 is 0 Å². The predicted octanol–water partition coefficient (Wildman–Crippen LogP) is 2.14. The summed E-state index contributed by atoms with van der Waals surface area (Å²) in [6.07, 6.45) is 19.4.